The minimum atomic E-state index is -0.603. The lowest BCUT2D eigenvalue weighted by atomic mass is 10.3. The van der Waals surface area contributed by atoms with Crippen molar-refractivity contribution in [1.29, 1.82) is 0 Å². The van der Waals surface area contributed by atoms with Crippen LogP contribution in [0, 0.1) is 11.6 Å². The highest BCUT2D eigenvalue weighted by atomic mass is 35.5. The average Bonchev–Trinajstić information content (AvgIpc) is 2.43. The maximum atomic E-state index is 13.5. The molecule has 0 heterocycles. The molecule has 3 nitrogen and oxygen atoms in total. The standard InChI is InChI=1S/C14H11ClF2N2OS/c1-20-13-5-3-9(7-10(13)15)18-14(21)19-12-6-8(16)2-4-11(12)17/h2-7H,1H3,(H2,18,19,21). The summed E-state index contributed by atoms with van der Waals surface area (Å²) < 4.78 is 31.6. The number of anilines is 2. The fourth-order valence-corrected chi connectivity index (χ4v) is 2.11. The van der Waals surface area contributed by atoms with Crippen molar-refractivity contribution in [3.63, 3.8) is 0 Å². The highest BCUT2D eigenvalue weighted by molar-refractivity contribution is 7.80. The molecule has 0 fully saturated rings. The maximum absolute atomic E-state index is 13.5. The summed E-state index contributed by atoms with van der Waals surface area (Å²) in [6.07, 6.45) is 0. The molecule has 110 valence electrons. The average molecular weight is 329 g/mol. The first-order valence-electron chi connectivity index (χ1n) is 5.86. The van der Waals surface area contributed by atoms with E-state index in [2.05, 4.69) is 10.6 Å². The van der Waals surface area contributed by atoms with Crippen LogP contribution in [-0.2, 0) is 0 Å². The highest BCUT2D eigenvalue weighted by Gasteiger charge is 2.07. The van der Waals surface area contributed by atoms with E-state index in [4.69, 9.17) is 28.6 Å². The van der Waals surface area contributed by atoms with Gasteiger partial charge in [-0.25, -0.2) is 8.78 Å². The van der Waals surface area contributed by atoms with Crippen LogP contribution in [0.4, 0.5) is 20.2 Å². The van der Waals surface area contributed by atoms with E-state index in [1.54, 1.807) is 18.2 Å². The van der Waals surface area contributed by atoms with E-state index in [1.165, 1.54) is 7.11 Å². The predicted molar refractivity (Wildman–Crippen MR) is 84.2 cm³/mol. The largest absolute Gasteiger partial charge is 0.495 e. The summed E-state index contributed by atoms with van der Waals surface area (Å²) >= 11 is 11.0. The third kappa shape index (κ3) is 4.03. The van der Waals surface area contributed by atoms with Gasteiger partial charge in [0.15, 0.2) is 5.11 Å². The van der Waals surface area contributed by atoms with E-state index in [0.717, 1.165) is 18.2 Å². The minimum Gasteiger partial charge on any atom is -0.495 e. The Morgan fingerprint density at radius 3 is 2.57 bits per heavy atom. The number of hydrogen-bond acceptors (Lipinski definition) is 2. The summed E-state index contributed by atoms with van der Waals surface area (Å²) in [7, 11) is 1.51. The molecule has 0 aliphatic rings. The van der Waals surface area contributed by atoms with Crippen molar-refractivity contribution in [3.8, 4) is 5.75 Å². The van der Waals surface area contributed by atoms with Crippen LogP contribution in [0.5, 0.6) is 5.75 Å². The molecule has 2 rings (SSSR count). The molecule has 0 radical (unpaired) electrons. The quantitative estimate of drug-likeness (QED) is 0.816. The molecular formula is C14H11ClF2N2OS. The molecule has 2 N–H and O–H groups in total. The minimum absolute atomic E-state index is 0.0490. The van der Waals surface area contributed by atoms with E-state index < -0.39 is 11.6 Å². The van der Waals surface area contributed by atoms with E-state index >= 15 is 0 Å². The zero-order valence-electron chi connectivity index (χ0n) is 10.9. The molecule has 2 aromatic carbocycles. The van der Waals surface area contributed by atoms with Crippen LogP contribution in [0.25, 0.3) is 0 Å². The molecule has 0 spiro atoms. The fourth-order valence-electron chi connectivity index (χ4n) is 1.62. The van der Waals surface area contributed by atoms with Gasteiger partial charge in [0.2, 0.25) is 0 Å². The first kappa shape index (κ1) is 15.5. The summed E-state index contributed by atoms with van der Waals surface area (Å²) in [5, 5.41) is 5.92. The van der Waals surface area contributed by atoms with Gasteiger partial charge in [-0.15, -0.1) is 0 Å². The second-order valence-electron chi connectivity index (χ2n) is 4.05. The Balaban J connectivity index is 2.08. The van der Waals surface area contributed by atoms with Crippen molar-refractivity contribution < 1.29 is 13.5 Å². The number of benzene rings is 2. The molecule has 0 bridgehead atoms. The van der Waals surface area contributed by atoms with Gasteiger partial charge in [-0.3, -0.25) is 0 Å². The van der Waals surface area contributed by atoms with Crippen molar-refractivity contribution in [2.75, 3.05) is 17.7 Å². The summed E-state index contributed by atoms with van der Waals surface area (Å²) in [5.74, 6) is -0.639. The second kappa shape index (κ2) is 6.69. The summed E-state index contributed by atoms with van der Waals surface area (Å²) in [5.41, 5.74) is 0.544. The van der Waals surface area contributed by atoms with Gasteiger partial charge in [0.05, 0.1) is 17.8 Å². The Morgan fingerprint density at radius 1 is 1.14 bits per heavy atom. The lowest BCUT2D eigenvalue weighted by molar-refractivity contribution is 0.415. The van der Waals surface area contributed by atoms with Crippen LogP contribution < -0.4 is 15.4 Å². The Hall–Kier alpha value is -1.92. The molecule has 0 atom stereocenters. The van der Waals surface area contributed by atoms with Crippen LogP contribution in [0.15, 0.2) is 36.4 Å². The Bertz CT molecular complexity index is 682. The Labute approximate surface area is 130 Å². The molecule has 0 unspecified atom stereocenters. The first-order chi connectivity index (χ1) is 9.99. The zero-order chi connectivity index (χ0) is 15.4. The molecule has 0 saturated carbocycles. The summed E-state index contributed by atoms with van der Waals surface area (Å²) in [6, 6.07) is 8.03. The van der Waals surface area contributed by atoms with Crippen molar-refractivity contribution in [3.05, 3.63) is 53.1 Å². The number of rotatable bonds is 3. The summed E-state index contributed by atoms with van der Waals surface area (Å²) in [6.45, 7) is 0. The van der Waals surface area contributed by atoms with Crippen LogP contribution in [0.1, 0.15) is 0 Å². The van der Waals surface area contributed by atoms with Gasteiger partial charge < -0.3 is 15.4 Å². The van der Waals surface area contributed by atoms with Gasteiger partial charge in [0, 0.05) is 11.8 Å². The number of thiocarbonyl (C=S) groups is 1. The molecule has 2 aromatic rings. The Morgan fingerprint density at radius 2 is 1.90 bits per heavy atom. The van der Waals surface area contributed by atoms with Gasteiger partial charge in [0.25, 0.3) is 0 Å². The van der Waals surface area contributed by atoms with Crippen molar-refractivity contribution in [2.45, 2.75) is 0 Å². The molecule has 0 aliphatic carbocycles. The topological polar surface area (TPSA) is 33.3 Å². The number of hydrogen-bond donors (Lipinski definition) is 2. The maximum Gasteiger partial charge on any atom is 0.175 e. The van der Waals surface area contributed by atoms with Crippen LogP contribution in [0.2, 0.25) is 5.02 Å². The zero-order valence-corrected chi connectivity index (χ0v) is 12.5. The van der Waals surface area contributed by atoms with E-state index in [-0.39, 0.29) is 10.8 Å². The van der Waals surface area contributed by atoms with Crippen LogP contribution in [-0.4, -0.2) is 12.2 Å². The molecule has 7 heteroatoms. The molecule has 0 saturated heterocycles. The highest BCUT2D eigenvalue weighted by Crippen LogP contribution is 2.27. The molecular weight excluding hydrogens is 318 g/mol. The van der Waals surface area contributed by atoms with Crippen LogP contribution >= 0.6 is 23.8 Å². The first-order valence-corrected chi connectivity index (χ1v) is 6.65. The van der Waals surface area contributed by atoms with Crippen molar-refractivity contribution >= 4 is 40.3 Å². The number of ether oxygens (including phenoxy) is 1. The summed E-state index contributed by atoms with van der Waals surface area (Å²) in [4.78, 5) is 0. The van der Waals surface area contributed by atoms with E-state index in [9.17, 15) is 8.78 Å². The van der Waals surface area contributed by atoms with Crippen molar-refractivity contribution in [1.82, 2.24) is 0 Å². The van der Waals surface area contributed by atoms with Crippen LogP contribution in [0.3, 0.4) is 0 Å². The van der Waals surface area contributed by atoms with Gasteiger partial charge in [-0.1, -0.05) is 11.6 Å². The normalized spacial score (nSPS) is 10.1. The lowest BCUT2D eigenvalue weighted by Gasteiger charge is -2.12. The van der Waals surface area contributed by atoms with E-state index in [1.807, 2.05) is 0 Å². The smallest absolute Gasteiger partial charge is 0.175 e. The SMILES string of the molecule is COc1ccc(NC(=S)Nc2cc(F)ccc2F)cc1Cl. The number of methoxy groups -OCH3 is 1. The predicted octanol–water partition coefficient (Wildman–Crippen LogP) is 4.44. The van der Waals surface area contributed by atoms with Gasteiger partial charge in [-0.05, 0) is 42.5 Å². The molecule has 0 aliphatic heterocycles. The Kier molecular flexibility index (Phi) is 4.93. The van der Waals surface area contributed by atoms with Gasteiger partial charge in [-0.2, -0.15) is 0 Å². The third-order valence-electron chi connectivity index (χ3n) is 2.59. The third-order valence-corrected chi connectivity index (χ3v) is 3.09. The second-order valence-corrected chi connectivity index (χ2v) is 4.87. The molecule has 0 aromatic heterocycles. The van der Waals surface area contributed by atoms with Gasteiger partial charge >= 0.3 is 0 Å². The number of halogens is 3. The number of nitrogens with one attached hydrogen (secondary N) is 2. The fraction of sp³-hybridized carbons (Fsp3) is 0.0714. The van der Waals surface area contributed by atoms with Crippen molar-refractivity contribution in [2.24, 2.45) is 0 Å². The lowest BCUT2D eigenvalue weighted by Crippen LogP contribution is -2.19. The molecule has 21 heavy (non-hydrogen) atoms. The van der Waals surface area contributed by atoms with E-state index in [0.29, 0.717) is 16.5 Å². The monoisotopic (exact) mass is 328 g/mol. The van der Waals surface area contributed by atoms with Gasteiger partial charge in [0.1, 0.15) is 17.4 Å². The molecule has 0 amide bonds.